The number of aromatic nitrogens is 4. The molecule has 0 aliphatic heterocycles. The van der Waals surface area contributed by atoms with Gasteiger partial charge in [0, 0.05) is 13.0 Å². The molecule has 0 saturated carbocycles. The third-order valence-corrected chi connectivity index (χ3v) is 2.48. The Hall–Kier alpha value is -1.16. The monoisotopic (exact) mass is 210 g/mol. The van der Waals surface area contributed by atoms with E-state index in [1.807, 2.05) is 0 Å². The summed E-state index contributed by atoms with van der Waals surface area (Å²) in [4.78, 5) is 12.5. The molecule has 0 aliphatic carbocycles. The van der Waals surface area contributed by atoms with Crippen molar-refractivity contribution in [1.29, 1.82) is 0 Å². The molecule has 5 heteroatoms. The van der Waals surface area contributed by atoms with E-state index in [4.69, 9.17) is 11.6 Å². The van der Waals surface area contributed by atoms with E-state index in [-0.39, 0.29) is 0 Å². The minimum Gasteiger partial charge on any atom is -0.313 e. The number of imidazole rings is 1. The maximum absolute atomic E-state index is 5.93. The van der Waals surface area contributed by atoms with Crippen LogP contribution < -0.4 is 0 Å². The summed E-state index contributed by atoms with van der Waals surface area (Å²) in [6.45, 7) is 4.98. The second kappa shape index (κ2) is 3.53. The topological polar surface area (TPSA) is 43.6 Å². The van der Waals surface area contributed by atoms with Crippen LogP contribution in [0.4, 0.5) is 0 Å². The molecule has 0 N–H and O–H groups in total. The molecule has 0 atom stereocenters. The molecule has 0 aromatic carbocycles. The second-order valence-corrected chi connectivity index (χ2v) is 3.32. The normalized spacial score (nSPS) is 11.1. The van der Waals surface area contributed by atoms with Crippen LogP contribution in [-0.4, -0.2) is 19.5 Å². The third kappa shape index (κ3) is 1.26. The fraction of sp³-hybridized carbons (Fsp3) is 0.444. The van der Waals surface area contributed by atoms with Gasteiger partial charge in [-0.1, -0.05) is 18.5 Å². The Morgan fingerprint density at radius 2 is 2.14 bits per heavy atom. The Morgan fingerprint density at radius 3 is 2.79 bits per heavy atom. The van der Waals surface area contributed by atoms with E-state index >= 15 is 0 Å². The summed E-state index contributed by atoms with van der Waals surface area (Å²) in [6, 6.07) is 0. The van der Waals surface area contributed by atoms with Crippen LogP contribution in [0.25, 0.3) is 11.2 Å². The number of halogens is 1. The molecule has 2 aromatic heterocycles. The van der Waals surface area contributed by atoms with Crippen LogP contribution in [0.15, 0.2) is 6.33 Å². The second-order valence-electron chi connectivity index (χ2n) is 2.96. The van der Waals surface area contributed by atoms with Crippen LogP contribution in [0.3, 0.4) is 0 Å². The van der Waals surface area contributed by atoms with Gasteiger partial charge in [0.25, 0.3) is 0 Å². The highest BCUT2D eigenvalue weighted by Crippen LogP contribution is 2.19. The molecule has 14 heavy (non-hydrogen) atoms. The Bertz CT molecular complexity index is 463. The first-order valence-corrected chi connectivity index (χ1v) is 5.01. The van der Waals surface area contributed by atoms with Gasteiger partial charge < -0.3 is 4.57 Å². The molecule has 0 radical (unpaired) electrons. The highest BCUT2D eigenvalue weighted by molar-refractivity contribution is 6.33. The summed E-state index contributed by atoms with van der Waals surface area (Å²) >= 11 is 5.93. The van der Waals surface area contributed by atoms with Crippen LogP contribution >= 0.6 is 11.6 Å². The number of hydrogen-bond acceptors (Lipinski definition) is 3. The average Bonchev–Trinajstić information content (AvgIpc) is 2.57. The summed E-state index contributed by atoms with van der Waals surface area (Å²) in [5.41, 5.74) is 1.53. The standard InChI is InChI=1S/C9H11ClN4/c1-3-6-13-7-8(10)11-5-12-9(7)14(6)4-2/h5H,3-4H2,1-2H3. The van der Waals surface area contributed by atoms with Crippen LogP contribution in [0.2, 0.25) is 5.15 Å². The molecule has 2 aromatic rings. The minimum absolute atomic E-state index is 0.428. The van der Waals surface area contributed by atoms with Gasteiger partial charge >= 0.3 is 0 Å². The number of rotatable bonds is 2. The summed E-state index contributed by atoms with van der Waals surface area (Å²) < 4.78 is 2.06. The molecule has 0 unspecified atom stereocenters. The van der Waals surface area contributed by atoms with Crippen molar-refractivity contribution in [3.05, 3.63) is 17.3 Å². The van der Waals surface area contributed by atoms with Gasteiger partial charge in [-0.2, -0.15) is 0 Å². The van der Waals surface area contributed by atoms with Crippen molar-refractivity contribution in [2.75, 3.05) is 0 Å². The molecule has 0 aliphatic rings. The first kappa shape index (κ1) is 9.40. The summed E-state index contributed by atoms with van der Waals surface area (Å²) in [6.07, 6.45) is 2.35. The third-order valence-electron chi connectivity index (χ3n) is 2.20. The lowest BCUT2D eigenvalue weighted by molar-refractivity contribution is 0.719. The van der Waals surface area contributed by atoms with Crippen molar-refractivity contribution in [1.82, 2.24) is 19.5 Å². The zero-order valence-corrected chi connectivity index (χ0v) is 8.91. The Balaban J connectivity index is 2.79. The first-order chi connectivity index (χ1) is 6.77. The van der Waals surface area contributed by atoms with Crippen molar-refractivity contribution in [2.45, 2.75) is 26.8 Å². The Labute approximate surface area is 87.0 Å². The lowest BCUT2D eigenvalue weighted by atomic mass is 10.4. The molecule has 0 fully saturated rings. The van der Waals surface area contributed by atoms with Gasteiger partial charge in [-0.3, -0.25) is 0 Å². The van der Waals surface area contributed by atoms with Crippen molar-refractivity contribution in [3.8, 4) is 0 Å². The predicted octanol–water partition coefficient (Wildman–Crippen LogP) is 2.06. The number of hydrogen-bond donors (Lipinski definition) is 0. The van der Waals surface area contributed by atoms with Gasteiger partial charge in [-0.05, 0) is 6.92 Å². The van der Waals surface area contributed by atoms with Crippen molar-refractivity contribution >= 4 is 22.8 Å². The van der Waals surface area contributed by atoms with Crippen LogP contribution in [-0.2, 0) is 13.0 Å². The van der Waals surface area contributed by atoms with E-state index in [0.717, 1.165) is 24.4 Å². The number of fused-ring (bicyclic) bond motifs is 1. The van der Waals surface area contributed by atoms with Crippen LogP contribution in [0.5, 0.6) is 0 Å². The zero-order chi connectivity index (χ0) is 10.1. The maximum atomic E-state index is 5.93. The predicted molar refractivity (Wildman–Crippen MR) is 55.4 cm³/mol. The minimum atomic E-state index is 0.428. The molecule has 2 rings (SSSR count). The molecule has 4 nitrogen and oxygen atoms in total. The SMILES string of the molecule is CCc1nc2c(Cl)ncnc2n1CC. The molecule has 0 spiro atoms. The fourth-order valence-electron chi connectivity index (χ4n) is 1.56. The largest absolute Gasteiger partial charge is 0.313 e. The number of nitrogens with zero attached hydrogens (tertiary/aromatic N) is 4. The van der Waals surface area contributed by atoms with E-state index in [2.05, 4.69) is 33.4 Å². The lowest BCUT2D eigenvalue weighted by Crippen LogP contribution is -2.00. The lowest BCUT2D eigenvalue weighted by Gasteiger charge is -2.01. The highest BCUT2D eigenvalue weighted by Gasteiger charge is 2.11. The van der Waals surface area contributed by atoms with E-state index in [1.165, 1.54) is 6.33 Å². The highest BCUT2D eigenvalue weighted by atomic mass is 35.5. The van der Waals surface area contributed by atoms with Gasteiger partial charge in [-0.15, -0.1) is 0 Å². The molecule has 2 heterocycles. The summed E-state index contributed by atoms with van der Waals surface area (Å²) in [5.74, 6) is 1.00. The Kier molecular flexibility index (Phi) is 2.37. The van der Waals surface area contributed by atoms with Gasteiger partial charge in [0.05, 0.1) is 0 Å². The zero-order valence-electron chi connectivity index (χ0n) is 8.16. The van der Waals surface area contributed by atoms with Gasteiger partial charge in [0.15, 0.2) is 10.8 Å². The van der Waals surface area contributed by atoms with Crippen molar-refractivity contribution < 1.29 is 0 Å². The van der Waals surface area contributed by atoms with Gasteiger partial charge in [0.2, 0.25) is 0 Å². The van der Waals surface area contributed by atoms with Gasteiger partial charge in [-0.25, -0.2) is 15.0 Å². The quantitative estimate of drug-likeness (QED) is 0.713. The number of aryl methyl sites for hydroxylation is 2. The average molecular weight is 211 g/mol. The van der Waals surface area contributed by atoms with E-state index in [9.17, 15) is 0 Å². The molecule has 0 amide bonds. The van der Waals surface area contributed by atoms with Crippen molar-refractivity contribution in [3.63, 3.8) is 0 Å². The molecule has 0 saturated heterocycles. The summed E-state index contributed by atoms with van der Waals surface area (Å²) in [5, 5.41) is 0.428. The molecular weight excluding hydrogens is 200 g/mol. The first-order valence-electron chi connectivity index (χ1n) is 4.63. The molecule has 74 valence electrons. The summed E-state index contributed by atoms with van der Waals surface area (Å²) in [7, 11) is 0. The van der Waals surface area contributed by atoms with Crippen LogP contribution in [0, 0.1) is 0 Å². The molecule has 0 bridgehead atoms. The van der Waals surface area contributed by atoms with E-state index < -0.39 is 0 Å². The fourth-order valence-corrected chi connectivity index (χ4v) is 1.73. The van der Waals surface area contributed by atoms with E-state index in [1.54, 1.807) is 0 Å². The molecular formula is C9H11ClN4. The van der Waals surface area contributed by atoms with Crippen molar-refractivity contribution in [2.24, 2.45) is 0 Å². The maximum Gasteiger partial charge on any atom is 0.164 e. The Morgan fingerprint density at radius 1 is 1.36 bits per heavy atom. The van der Waals surface area contributed by atoms with Gasteiger partial charge in [0.1, 0.15) is 17.7 Å². The van der Waals surface area contributed by atoms with Crippen LogP contribution in [0.1, 0.15) is 19.7 Å². The van der Waals surface area contributed by atoms with E-state index in [0.29, 0.717) is 10.7 Å². The smallest absolute Gasteiger partial charge is 0.164 e.